The first-order chi connectivity index (χ1) is 12.9. The van der Waals surface area contributed by atoms with Crippen molar-refractivity contribution in [2.75, 3.05) is 12.4 Å². The third-order valence-corrected chi connectivity index (χ3v) is 4.75. The number of benzene rings is 2. The largest absolute Gasteiger partial charge is 0.489 e. The van der Waals surface area contributed by atoms with Gasteiger partial charge >= 0.3 is 6.03 Å². The number of nitrogens with zero attached hydrogens (tertiary/aromatic N) is 1. The van der Waals surface area contributed by atoms with E-state index in [4.69, 9.17) is 10.6 Å². The van der Waals surface area contributed by atoms with Crippen LogP contribution in [-0.2, 0) is 6.61 Å². The molecular weight excluding hydrogens is 342 g/mol. The van der Waals surface area contributed by atoms with E-state index in [2.05, 4.69) is 5.32 Å². The van der Waals surface area contributed by atoms with Gasteiger partial charge in [0.1, 0.15) is 12.4 Å². The molecule has 0 aromatic heterocycles. The van der Waals surface area contributed by atoms with Gasteiger partial charge in [0.05, 0.1) is 0 Å². The number of ether oxygens (including phenoxy) is 1. The van der Waals surface area contributed by atoms with Gasteiger partial charge in [0.25, 0.3) is 0 Å². The molecule has 3 N–H and O–H groups in total. The number of hydrazine groups is 1. The minimum atomic E-state index is -0.402. The van der Waals surface area contributed by atoms with Gasteiger partial charge in [-0.3, -0.25) is 9.80 Å². The summed E-state index contributed by atoms with van der Waals surface area (Å²) in [5.41, 5.74) is 4.21. The highest BCUT2D eigenvalue weighted by Gasteiger charge is 2.30. The molecule has 142 valence electrons. The third kappa shape index (κ3) is 4.46. The summed E-state index contributed by atoms with van der Waals surface area (Å²) in [5, 5.41) is 3.78. The first-order valence-corrected chi connectivity index (χ1v) is 9.02. The molecule has 0 unspecified atom stereocenters. The Hall–Kier alpha value is -2.86. The van der Waals surface area contributed by atoms with E-state index in [1.54, 1.807) is 0 Å². The molecule has 0 bridgehead atoms. The summed E-state index contributed by atoms with van der Waals surface area (Å²) in [4.78, 5) is 24.1. The Balaban J connectivity index is 1.74. The topological polar surface area (TPSA) is 84.7 Å². The van der Waals surface area contributed by atoms with E-state index in [1.165, 1.54) is 7.05 Å². The molecule has 0 aliphatic heterocycles. The van der Waals surface area contributed by atoms with Gasteiger partial charge in [-0.05, 0) is 62.1 Å². The van der Waals surface area contributed by atoms with Crippen LogP contribution in [0.25, 0.3) is 0 Å². The number of carbonyl (C=O) groups excluding carboxylic acids is 2. The average molecular weight is 367 g/mol. The highest BCUT2D eigenvalue weighted by molar-refractivity contribution is 5.99. The quantitative estimate of drug-likeness (QED) is 0.352. The van der Waals surface area contributed by atoms with Crippen molar-refractivity contribution in [3.63, 3.8) is 0 Å². The number of nitrogens with two attached hydrogens (primary N) is 1. The number of urea groups is 1. The highest BCUT2D eigenvalue weighted by atomic mass is 16.5. The van der Waals surface area contributed by atoms with Crippen LogP contribution < -0.4 is 15.9 Å². The monoisotopic (exact) mass is 367 g/mol. The fourth-order valence-corrected chi connectivity index (χ4v) is 2.91. The third-order valence-electron chi connectivity index (χ3n) is 4.75. The van der Waals surface area contributed by atoms with Crippen molar-refractivity contribution >= 4 is 17.5 Å². The van der Waals surface area contributed by atoms with Crippen LogP contribution in [0, 0.1) is 19.8 Å². The number of carbonyl (C=O) groups is 2. The number of amides is 2. The molecule has 6 heteroatoms. The number of Topliss-reactive ketones (excluding diaryl/α,β-unsaturated/α-hetero) is 1. The van der Waals surface area contributed by atoms with Crippen LogP contribution in [0.4, 0.5) is 10.5 Å². The molecule has 1 aliphatic carbocycles. The Morgan fingerprint density at radius 1 is 1.19 bits per heavy atom. The number of nitrogens with one attached hydrogen (secondary N) is 1. The lowest BCUT2D eigenvalue weighted by molar-refractivity contribution is 0.0967. The Morgan fingerprint density at radius 2 is 1.93 bits per heavy atom. The van der Waals surface area contributed by atoms with Crippen LogP contribution in [0.3, 0.4) is 0 Å². The van der Waals surface area contributed by atoms with Crippen LogP contribution >= 0.6 is 0 Å². The molecule has 6 nitrogen and oxygen atoms in total. The lowest BCUT2D eigenvalue weighted by Crippen LogP contribution is -2.37. The van der Waals surface area contributed by atoms with Crippen molar-refractivity contribution in [3.05, 3.63) is 58.7 Å². The van der Waals surface area contributed by atoms with Crippen molar-refractivity contribution in [2.24, 2.45) is 11.8 Å². The standard InChI is InChI=1S/C21H25N3O3/c1-13-5-4-6-18(23-21(26)24(3)22)17(13)12-27-19-10-9-16(11-14(19)2)20(25)15-7-8-15/h4-6,9-11,15H,7-8,12,22H2,1-3H3,(H,23,26). The molecule has 2 aromatic carbocycles. The van der Waals surface area contributed by atoms with E-state index in [9.17, 15) is 9.59 Å². The lowest BCUT2D eigenvalue weighted by Gasteiger charge is -2.17. The van der Waals surface area contributed by atoms with Gasteiger partial charge < -0.3 is 10.1 Å². The second kappa shape index (κ2) is 7.80. The van der Waals surface area contributed by atoms with Crippen molar-refractivity contribution in [2.45, 2.75) is 33.3 Å². The minimum Gasteiger partial charge on any atom is -0.489 e. The summed E-state index contributed by atoms with van der Waals surface area (Å²) in [5.74, 6) is 6.63. The van der Waals surface area contributed by atoms with E-state index < -0.39 is 6.03 Å². The van der Waals surface area contributed by atoms with Crippen molar-refractivity contribution < 1.29 is 14.3 Å². The molecule has 0 atom stereocenters. The highest BCUT2D eigenvalue weighted by Crippen LogP contribution is 2.33. The number of anilines is 1. The summed E-state index contributed by atoms with van der Waals surface area (Å²) in [6.07, 6.45) is 1.99. The Morgan fingerprint density at radius 3 is 2.56 bits per heavy atom. The summed E-state index contributed by atoms with van der Waals surface area (Å²) < 4.78 is 5.99. The molecule has 3 rings (SSSR count). The zero-order valence-electron chi connectivity index (χ0n) is 15.9. The fraction of sp³-hybridized carbons (Fsp3) is 0.333. The van der Waals surface area contributed by atoms with Gasteiger partial charge in [0, 0.05) is 29.8 Å². The van der Waals surface area contributed by atoms with E-state index in [0.29, 0.717) is 12.3 Å². The zero-order valence-corrected chi connectivity index (χ0v) is 15.9. The van der Waals surface area contributed by atoms with E-state index in [0.717, 1.165) is 45.9 Å². The van der Waals surface area contributed by atoms with Gasteiger partial charge in [-0.25, -0.2) is 10.6 Å². The van der Waals surface area contributed by atoms with Crippen LogP contribution in [-0.4, -0.2) is 23.9 Å². The number of hydrogen-bond donors (Lipinski definition) is 2. The Kier molecular flexibility index (Phi) is 5.46. The molecule has 0 radical (unpaired) electrons. The molecule has 1 fully saturated rings. The Bertz CT molecular complexity index is 873. The van der Waals surface area contributed by atoms with E-state index in [-0.39, 0.29) is 11.7 Å². The van der Waals surface area contributed by atoms with Crippen LogP contribution in [0.2, 0.25) is 0 Å². The predicted molar refractivity (Wildman–Crippen MR) is 105 cm³/mol. The molecule has 1 saturated carbocycles. The molecular formula is C21H25N3O3. The molecule has 0 heterocycles. The summed E-state index contributed by atoms with van der Waals surface area (Å²) >= 11 is 0. The minimum absolute atomic E-state index is 0.204. The smallest absolute Gasteiger partial charge is 0.335 e. The van der Waals surface area contributed by atoms with Crippen LogP contribution in [0.1, 0.15) is 39.9 Å². The van der Waals surface area contributed by atoms with Gasteiger partial charge in [0.2, 0.25) is 0 Å². The lowest BCUT2D eigenvalue weighted by atomic mass is 10.0. The van der Waals surface area contributed by atoms with Crippen LogP contribution in [0.15, 0.2) is 36.4 Å². The van der Waals surface area contributed by atoms with Crippen molar-refractivity contribution in [3.8, 4) is 5.75 Å². The summed E-state index contributed by atoms with van der Waals surface area (Å²) in [6.45, 7) is 4.20. The molecule has 2 aromatic rings. The number of aryl methyl sites for hydroxylation is 2. The maximum Gasteiger partial charge on any atom is 0.335 e. The zero-order chi connectivity index (χ0) is 19.6. The van der Waals surface area contributed by atoms with Gasteiger partial charge in [-0.2, -0.15) is 0 Å². The number of ketones is 1. The first-order valence-electron chi connectivity index (χ1n) is 9.02. The molecule has 2 amide bonds. The normalized spacial score (nSPS) is 13.2. The molecule has 0 saturated heterocycles. The maximum absolute atomic E-state index is 12.2. The Labute approximate surface area is 159 Å². The number of hydrogen-bond acceptors (Lipinski definition) is 4. The maximum atomic E-state index is 12.2. The first kappa shape index (κ1) is 18.9. The number of rotatable bonds is 6. The summed E-state index contributed by atoms with van der Waals surface area (Å²) in [6, 6.07) is 10.8. The van der Waals surface area contributed by atoms with E-state index in [1.807, 2.05) is 50.2 Å². The summed E-state index contributed by atoms with van der Waals surface area (Å²) in [7, 11) is 1.48. The van der Waals surface area contributed by atoms with Crippen molar-refractivity contribution in [1.29, 1.82) is 0 Å². The molecule has 27 heavy (non-hydrogen) atoms. The second-order valence-corrected chi connectivity index (χ2v) is 7.05. The van der Waals surface area contributed by atoms with Gasteiger partial charge in [-0.1, -0.05) is 12.1 Å². The van der Waals surface area contributed by atoms with Gasteiger partial charge in [0.15, 0.2) is 5.78 Å². The molecule has 0 spiro atoms. The second-order valence-electron chi connectivity index (χ2n) is 7.05. The fourth-order valence-electron chi connectivity index (χ4n) is 2.91. The average Bonchev–Trinajstić information content (AvgIpc) is 3.46. The SMILES string of the molecule is Cc1cc(C(=O)C2CC2)ccc1OCc1c(C)cccc1NC(=O)N(C)N. The van der Waals surface area contributed by atoms with Crippen LogP contribution in [0.5, 0.6) is 5.75 Å². The molecule has 1 aliphatic rings. The van der Waals surface area contributed by atoms with E-state index >= 15 is 0 Å². The van der Waals surface area contributed by atoms with Crippen molar-refractivity contribution in [1.82, 2.24) is 5.01 Å². The predicted octanol–water partition coefficient (Wildman–Crippen LogP) is 3.81. The van der Waals surface area contributed by atoms with Gasteiger partial charge in [-0.15, -0.1) is 0 Å².